The molecule has 0 spiro atoms. The maximum Gasteiger partial charge on any atom is 0.328 e. The minimum atomic E-state index is -2.63. The predicted octanol–water partition coefficient (Wildman–Crippen LogP) is 0.455. The summed E-state index contributed by atoms with van der Waals surface area (Å²) < 4.78 is 13.5. The molecule has 3 aromatic rings. The van der Waals surface area contributed by atoms with Gasteiger partial charge in [-0.2, -0.15) is 0 Å². The molecular weight excluding hydrogens is 302 g/mol. The lowest BCUT2D eigenvalue weighted by Gasteiger charge is -2.06. The monoisotopic (exact) mass is 317 g/mol. The summed E-state index contributed by atoms with van der Waals surface area (Å²) in [6, 6.07) is 9.48. The number of anilines is 1. The molecule has 0 aliphatic carbocycles. The molecule has 114 valence electrons. The molecule has 7 nitrogen and oxygen atoms in total. The van der Waals surface area contributed by atoms with Gasteiger partial charge in [0.05, 0.1) is 6.54 Å². The van der Waals surface area contributed by atoms with E-state index in [1.807, 2.05) is 30.3 Å². The highest BCUT2D eigenvalue weighted by Gasteiger charge is 2.16. The second-order valence-electron chi connectivity index (χ2n) is 5.10. The fourth-order valence-electron chi connectivity index (χ4n) is 2.14. The van der Waals surface area contributed by atoms with Gasteiger partial charge in [0.25, 0.3) is 0 Å². The average Bonchev–Trinajstić information content (AvgIpc) is 2.77. The van der Waals surface area contributed by atoms with Crippen LogP contribution in [0.5, 0.6) is 0 Å². The lowest BCUT2D eigenvalue weighted by molar-refractivity contribution is 0.677. The van der Waals surface area contributed by atoms with Crippen LogP contribution in [0.2, 0.25) is 0 Å². The van der Waals surface area contributed by atoms with E-state index in [1.165, 1.54) is 10.8 Å². The molecule has 2 heterocycles. The largest absolute Gasteiger partial charge is 0.382 e. The Morgan fingerprint density at radius 3 is 2.64 bits per heavy atom. The molecule has 2 aromatic heterocycles. The number of nitrogen functional groups attached to an aromatic ring is 1. The number of fused-ring (bicyclic) bond motifs is 1. The third-order valence-electron chi connectivity index (χ3n) is 3.20. The first kappa shape index (κ1) is 14.3. The zero-order chi connectivity index (χ0) is 15.9. The predicted molar refractivity (Wildman–Crippen MR) is 87.6 cm³/mol. The summed E-state index contributed by atoms with van der Waals surface area (Å²) in [6.45, 7) is 0.331. The van der Waals surface area contributed by atoms with E-state index in [-0.39, 0.29) is 16.7 Å². The van der Waals surface area contributed by atoms with E-state index in [0.29, 0.717) is 17.7 Å². The van der Waals surface area contributed by atoms with Crippen LogP contribution < -0.4 is 11.4 Å². The number of nitrogens with two attached hydrogens (primary N) is 1. The number of rotatable bonds is 3. The summed E-state index contributed by atoms with van der Waals surface area (Å²) in [5.41, 5.74) is 7.11. The summed E-state index contributed by atoms with van der Waals surface area (Å²) >= 11 is 0. The third kappa shape index (κ3) is 2.48. The highest BCUT2D eigenvalue weighted by atomic mass is 32.2. The zero-order valence-corrected chi connectivity index (χ0v) is 12.8. The lowest BCUT2D eigenvalue weighted by Crippen LogP contribution is -2.18. The summed E-state index contributed by atoms with van der Waals surface area (Å²) in [5.74, 6) is 3.64. The Labute approximate surface area is 126 Å². The molecule has 0 aliphatic heterocycles. The first-order chi connectivity index (χ1) is 10.4. The molecule has 22 heavy (non-hydrogen) atoms. The molecule has 3 N–H and O–H groups in total. The van der Waals surface area contributed by atoms with Crippen LogP contribution in [0.4, 0.5) is 5.82 Å². The molecule has 1 atom stereocenters. The van der Waals surface area contributed by atoms with Crippen LogP contribution in [0, 0.1) is 0 Å². The number of benzene rings is 1. The van der Waals surface area contributed by atoms with E-state index in [0.717, 1.165) is 5.56 Å². The minimum absolute atomic E-state index is 0.0401. The SMILES string of the molecule is C=S(C)(=O)c1nc(N)c2[nH]c(=O)n(Cc3ccccc3)c2n1. The van der Waals surface area contributed by atoms with Gasteiger partial charge in [-0.1, -0.05) is 30.3 Å². The van der Waals surface area contributed by atoms with Gasteiger partial charge in [0.15, 0.2) is 11.5 Å². The fourth-order valence-corrected chi connectivity index (χ4v) is 2.71. The molecule has 1 unspecified atom stereocenters. The second-order valence-corrected chi connectivity index (χ2v) is 7.47. The van der Waals surface area contributed by atoms with Crippen LogP contribution in [0.25, 0.3) is 11.2 Å². The fraction of sp³-hybridized carbons (Fsp3) is 0.143. The second kappa shape index (κ2) is 4.99. The van der Waals surface area contributed by atoms with Gasteiger partial charge in [0.1, 0.15) is 5.52 Å². The molecule has 3 rings (SSSR count). The maximum absolute atomic E-state index is 12.2. The first-order valence-corrected chi connectivity index (χ1v) is 8.62. The highest BCUT2D eigenvalue weighted by molar-refractivity contribution is 7.99. The van der Waals surface area contributed by atoms with E-state index in [1.54, 1.807) is 0 Å². The average molecular weight is 317 g/mol. The number of aromatic amines is 1. The molecule has 8 heteroatoms. The van der Waals surface area contributed by atoms with Gasteiger partial charge in [0.2, 0.25) is 5.16 Å². The molecule has 0 bridgehead atoms. The Balaban J connectivity index is 2.24. The van der Waals surface area contributed by atoms with Crippen molar-refractivity contribution in [2.24, 2.45) is 0 Å². The first-order valence-electron chi connectivity index (χ1n) is 6.48. The lowest BCUT2D eigenvalue weighted by atomic mass is 10.2. The van der Waals surface area contributed by atoms with Gasteiger partial charge in [0, 0.05) is 15.8 Å². The number of imidazole rings is 1. The van der Waals surface area contributed by atoms with E-state index >= 15 is 0 Å². The maximum atomic E-state index is 12.2. The van der Waals surface area contributed by atoms with Gasteiger partial charge >= 0.3 is 5.69 Å². The van der Waals surface area contributed by atoms with E-state index in [4.69, 9.17) is 5.73 Å². The summed E-state index contributed by atoms with van der Waals surface area (Å²) in [5, 5.41) is 0.0401. The number of H-pyrrole nitrogens is 1. The number of hydrogen-bond acceptors (Lipinski definition) is 5. The summed E-state index contributed by atoms with van der Waals surface area (Å²) in [4.78, 5) is 23.0. The third-order valence-corrected chi connectivity index (χ3v) is 4.15. The Morgan fingerprint density at radius 2 is 2.00 bits per heavy atom. The van der Waals surface area contributed by atoms with Crippen LogP contribution in [-0.2, 0) is 16.1 Å². The Kier molecular flexibility index (Phi) is 3.25. The molecule has 0 saturated carbocycles. The van der Waals surface area contributed by atoms with Crippen LogP contribution in [0.1, 0.15) is 5.56 Å². The number of hydrogen-bond donors (Lipinski definition) is 2. The van der Waals surface area contributed by atoms with Crippen LogP contribution in [-0.4, -0.2) is 35.9 Å². The van der Waals surface area contributed by atoms with Crippen LogP contribution >= 0.6 is 0 Å². The van der Waals surface area contributed by atoms with Crippen molar-refractivity contribution < 1.29 is 4.21 Å². The molecule has 0 saturated heterocycles. The van der Waals surface area contributed by atoms with Gasteiger partial charge in [-0.15, -0.1) is 0 Å². The van der Waals surface area contributed by atoms with Crippen molar-refractivity contribution in [3.05, 3.63) is 46.4 Å². The van der Waals surface area contributed by atoms with E-state index < -0.39 is 9.52 Å². The molecule has 0 aliphatic rings. The highest BCUT2D eigenvalue weighted by Crippen LogP contribution is 2.17. The van der Waals surface area contributed by atoms with Crippen molar-refractivity contribution in [1.82, 2.24) is 19.5 Å². The normalized spacial score (nSPS) is 14.0. The van der Waals surface area contributed by atoms with Gasteiger partial charge in [-0.05, 0) is 11.4 Å². The van der Waals surface area contributed by atoms with Crippen molar-refractivity contribution in [2.75, 3.05) is 12.0 Å². The van der Waals surface area contributed by atoms with E-state index in [2.05, 4.69) is 20.8 Å². The Bertz CT molecular complexity index is 1000. The molecule has 0 radical (unpaired) electrons. The van der Waals surface area contributed by atoms with Crippen LogP contribution in [0.3, 0.4) is 0 Å². The van der Waals surface area contributed by atoms with Crippen LogP contribution in [0.15, 0.2) is 40.3 Å². The smallest absolute Gasteiger partial charge is 0.328 e. The van der Waals surface area contributed by atoms with Crippen molar-refractivity contribution >= 4 is 32.4 Å². The Hall–Kier alpha value is -2.61. The summed E-state index contributed by atoms with van der Waals surface area (Å²) in [6.07, 6.45) is 1.43. The standard InChI is InChI=1S/C14H15N5O2S/c1-22(2,21)13-17-11(15)10-12(18-13)19(14(20)16-10)8-9-6-4-3-5-7-9/h3-7H,1,8H2,2H3,(H,16,20)(H2,15,17,18). The number of nitrogens with zero attached hydrogens (tertiary/aromatic N) is 3. The molecule has 1 aromatic carbocycles. The van der Waals surface area contributed by atoms with Gasteiger partial charge in [-0.3, -0.25) is 8.78 Å². The van der Waals surface area contributed by atoms with Crippen molar-refractivity contribution in [2.45, 2.75) is 11.7 Å². The van der Waals surface area contributed by atoms with Crippen molar-refractivity contribution in [3.8, 4) is 0 Å². The summed E-state index contributed by atoms with van der Waals surface area (Å²) in [7, 11) is -2.63. The Morgan fingerprint density at radius 1 is 1.32 bits per heavy atom. The number of aromatic nitrogens is 4. The minimum Gasteiger partial charge on any atom is -0.382 e. The zero-order valence-electron chi connectivity index (χ0n) is 11.9. The van der Waals surface area contributed by atoms with Gasteiger partial charge in [-0.25, -0.2) is 14.8 Å². The molecule has 0 fully saturated rings. The van der Waals surface area contributed by atoms with Crippen molar-refractivity contribution in [1.29, 1.82) is 0 Å². The van der Waals surface area contributed by atoms with Crippen molar-refractivity contribution in [3.63, 3.8) is 0 Å². The topological polar surface area (TPSA) is 107 Å². The molecule has 0 amide bonds. The quantitative estimate of drug-likeness (QED) is 0.539. The molecular formula is C14H15N5O2S. The van der Waals surface area contributed by atoms with Gasteiger partial charge < -0.3 is 10.7 Å². The number of nitrogens with one attached hydrogen (secondary N) is 1. The van der Waals surface area contributed by atoms with E-state index in [9.17, 15) is 9.00 Å².